The van der Waals surface area contributed by atoms with Crippen LogP contribution in [-0.4, -0.2) is 5.91 Å². The molecule has 2 rings (SSSR count). The van der Waals surface area contributed by atoms with E-state index in [1.54, 1.807) is 12.1 Å². The lowest BCUT2D eigenvalue weighted by atomic mass is 10.1. The molecule has 0 fully saturated rings. The average Bonchev–Trinajstić information content (AvgIpc) is 2.32. The molecular weight excluding hydrogens is 253 g/mol. The topological polar surface area (TPSA) is 29.1 Å². The fourth-order valence-corrected chi connectivity index (χ4v) is 1.86. The molecule has 4 heteroatoms. The minimum absolute atomic E-state index is 0.313. The first-order valence-corrected chi connectivity index (χ1v) is 5.77. The van der Waals surface area contributed by atoms with E-state index >= 15 is 0 Å². The summed E-state index contributed by atoms with van der Waals surface area (Å²) < 4.78 is 12.7. The highest BCUT2D eigenvalue weighted by Gasteiger charge is 2.10. The van der Waals surface area contributed by atoms with Gasteiger partial charge in [-0.05, 0) is 48.9 Å². The van der Waals surface area contributed by atoms with Gasteiger partial charge >= 0.3 is 0 Å². The van der Waals surface area contributed by atoms with Gasteiger partial charge in [0.1, 0.15) is 5.82 Å². The van der Waals surface area contributed by atoms with Gasteiger partial charge in [-0.1, -0.05) is 17.7 Å². The van der Waals surface area contributed by atoms with Crippen LogP contribution in [0.15, 0.2) is 42.5 Å². The minimum Gasteiger partial charge on any atom is -0.322 e. The van der Waals surface area contributed by atoms with Gasteiger partial charge in [0, 0.05) is 5.69 Å². The van der Waals surface area contributed by atoms with Gasteiger partial charge in [0.25, 0.3) is 5.91 Å². The van der Waals surface area contributed by atoms with Crippen molar-refractivity contribution in [3.05, 3.63) is 64.4 Å². The summed E-state index contributed by atoms with van der Waals surface area (Å²) in [6.07, 6.45) is 0. The zero-order valence-electron chi connectivity index (χ0n) is 9.71. The molecule has 0 unspecified atom stereocenters. The maximum absolute atomic E-state index is 12.7. The fourth-order valence-electron chi connectivity index (χ4n) is 1.54. The number of hydrogen-bond acceptors (Lipinski definition) is 1. The molecule has 0 radical (unpaired) electrons. The highest BCUT2D eigenvalue weighted by molar-refractivity contribution is 6.34. The van der Waals surface area contributed by atoms with Crippen LogP contribution in [0.5, 0.6) is 0 Å². The molecule has 2 aromatic rings. The fraction of sp³-hybridized carbons (Fsp3) is 0.0714. The third kappa shape index (κ3) is 2.87. The number of benzene rings is 2. The molecule has 0 heterocycles. The molecule has 0 aliphatic carbocycles. The first-order valence-electron chi connectivity index (χ1n) is 5.39. The third-order valence-electron chi connectivity index (χ3n) is 2.47. The van der Waals surface area contributed by atoms with Crippen LogP contribution in [-0.2, 0) is 0 Å². The van der Waals surface area contributed by atoms with E-state index in [-0.39, 0.29) is 11.7 Å². The highest BCUT2D eigenvalue weighted by atomic mass is 35.5. The molecule has 0 saturated carbocycles. The van der Waals surface area contributed by atoms with Crippen molar-refractivity contribution in [2.45, 2.75) is 6.92 Å². The SMILES string of the molecule is Cc1ccc(C(=O)Nc2ccc(F)cc2)c(Cl)c1. The van der Waals surface area contributed by atoms with Gasteiger partial charge in [-0.15, -0.1) is 0 Å². The summed E-state index contributed by atoms with van der Waals surface area (Å²) in [5.41, 5.74) is 1.91. The molecule has 2 nitrogen and oxygen atoms in total. The molecule has 0 aliphatic rings. The monoisotopic (exact) mass is 263 g/mol. The van der Waals surface area contributed by atoms with E-state index in [0.29, 0.717) is 16.3 Å². The van der Waals surface area contributed by atoms with Crippen LogP contribution in [0.4, 0.5) is 10.1 Å². The van der Waals surface area contributed by atoms with E-state index in [4.69, 9.17) is 11.6 Å². The van der Waals surface area contributed by atoms with Crippen molar-refractivity contribution < 1.29 is 9.18 Å². The first kappa shape index (κ1) is 12.6. The maximum atomic E-state index is 12.7. The highest BCUT2D eigenvalue weighted by Crippen LogP contribution is 2.19. The van der Waals surface area contributed by atoms with E-state index in [0.717, 1.165) is 5.56 Å². The van der Waals surface area contributed by atoms with Crippen molar-refractivity contribution in [3.8, 4) is 0 Å². The molecule has 2 aromatic carbocycles. The quantitative estimate of drug-likeness (QED) is 0.870. The smallest absolute Gasteiger partial charge is 0.257 e. The maximum Gasteiger partial charge on any atom is 0.257 e. The van der Waals surface area contributed by atoms with E-state index in [1.165, 1.54) is 24.3 Å². The Morgan fingerprint density at radius 3 is 2.44 bits per heavy atom. The Morgan fingerprint density at radius 2 is 1.83 bits per heavy atom. The predicted molar refractivity (Wildman–Crippen MR) is 70.5 cm³/mol. The Kier molecular flexibility index (Phi) is 3.63. The van der Waals surface area contributed by atoms with Crippen LogP contribution in [0.2, 0.25) is 5.02 Å². The molecule has 1 N–H and O–H groups in total. The largest absolute Gasteiger partial charge is 0.322 e. The van der Waals surface area contributed by atoms with Crippen molar-refractivity contribution in [2.75, 3.05) is 5.32 Å². The molecule has 0 aliphatic heterocycles. The molecule has 0 atom stereocenters. The van der Waals surface area contributed by atoms with E-state index in [9.17, 15) is 9.18 Å². The predicted octanol–water partition coefficient (Wildman–Crippen LogP) is 4.04. The van der Waals surface area contributed by atoms with Crippen molar-refractivity contribution in [3.63, 3.8) is 0 Å². The van der Waals surface area contributed by atoms with Gasteiger partial charge in [0.2, 0.25) is 0 Å². The van der Waals surface area contributed by atoms with Crippen LogP contribution < -0.4 is 5.32 Å². The molecule has 0 spiro atoms. The molecule has 92 valence electrons. The normalized spacial score (nSPS) is 10.2. The van der Waals surface area contributed by atoms with Crippen molar-refractivity contribution in [1.29, 1.82) is 0 Å². The van der Waals surface area contributed by atoms with Gasteiger partial charge in [-0.2, -0.15) is 0 Å². The number of halogens is 2. The van der Waals surface area contributed by atoms with Crippen molar-refractivity contribution >= 4 is 23.2 Å². The van der Waals surface area contributed by atoms with Crippen LogP contribution in [0.3, 0.4) is 0 Å². The number of anilines is 1. The number of amides is 1. The Morgan fingerprint density at radius 1 is 1.17 bits per heavy atom. The van der Waals surface area contributed by atoms with Gasteiger partial charge < -0.3 is 5.32 Å². The number of carbonyl (C=O) groups excluding carboxylic acids is 1. The molecular formula is C14H11ClFNO. The molecule has 0 bridgehead atoms. The lowest BCUT2D eigenvalue weighted by Crippen LogP contribution is -2.12. The lowest BCUT2D eigenvalue weighted by Gasteiger charge is -2.07. The van der Waals surface area contributed by atoms with E-state index in [1.807, 2.05) is 13.0 Å². The number of nitrogens with one attached hydrogen (secondary N) is 1. The molecule has 0 saturated heterocycles. The third-order valence-corrected chi connectivity index (χ3v) is 2.78. The summed E-state index contributed by atoms with van der Waals surface area (Å²) in [5, 5.41) is 3.05. The zero-order chi connectivity index (χ0) is 13.1. The lowest BCUT2D eigenvalue weighted by molar-refractivity contribution is 0.102. The van der Waals surface area contributed by atoms with Gasteiger partial charge in [-0.25, -0.2) is 4.39 Å². The van der Waals surface area contributed by atoms with E-state index in [2.05, 4.69) is 5.32 Å². The summed E-state index contributed by atoms with van der Waals surface area (Å²) in [6.45, 7) is 1.90. The Bertz CT molecular complexity index is 581. The average molecular weight is 264 g/mol. The number of rotatable bonds is 2. The Balaban J connectivity index is 2.19. The van der Waals surface area contributed by atoms with Crippen LogP contribution in [0.25, 0.3) is 0 Å². The van der Waals surface area contributed by atoms with Gasteiger partial charge in [-0.3, -0.25) is 4.79 Å². The molecule has 1 amide bonds. The second-order valence-corrected chi connectivity index (χ2v) is 4.35. The second-order valence-electron chi connectivity index (χ2n) is 3.94. The summed E-state index contributed by atoms with van der Waals surface area (Å²) in [5.74, 6) is -0.659. The summed E-state index contributed by atoms with van der Waals surface area (Å²) >= 11 is 6.00. The first-order chi connectivity index (χ1) is 8.56. The summed E-state index contributed by atoms with van der Waals surface area (Å²) in [7, 11) is 0. The van der Waals surface area contributed by atoms with Crippen molar-refractivity contribution in [1.82, 2.24) is 0 Å². The van der Waals surface area contributed by atoms with Gasteiger partial charge in [0.15, 0.2) is 0 Å². The van der Waals surface area contributed by atoms with E-state index < -0.39 is 0 Å². The number of aryl methyl sites for hydroxylation is 1. The molecule has 0 aromatic heterocycles. The van der Waals surface area contributed by atoms with Crippen LogP contribution in [0, 0.1) is 12.7 Å². The summed E-state index contributed by atoms with van der Waals surface area (Å²) in [4.78, 5) is 11.9. The van der Waals surface area contributed by atoms with Gasteiger partial charge in [0.05, 0.1) is 10.6 Å². The Hall–Kier alpha value is -1.87. The van der Waals surface area contributed by atoms with Crippen LogP contribution >= 0.6 is 11.6 Å². The second kappa shape index (κ2) is 5.19. The number of carbonyl (C=O) groups is 1. The molecule has 18 heavy (non-hydrogen) atoms. The standard InChI is InChI=1S/C14H11ClFNO/c1-9-2-7-12(13(15)8-9)14(18)17-11-5-3-10(16)4-6-11/h2-8H,1H3,(H,17,18). The summed E-state index contributed by atoms with van der Waals surface area (Å²) in [6, 6.07) is 10.8. The minimum atomic E-state index is -0.346. The van der Waals surface area contributed by atoms with Crippen LogP contribution in [0.1, 0.15) is 15.9 Å². The zero-order valence-corrected chi connectivity index (χ0v) is 10.5. The number of hydrogen-bond donors (Lipinski definition) is 1. The Labute approximate surface area is 109 Å². The van der Waals surface area contributed by atoms with Crippen molar-refractivity contribution in [2.24, 2.45) is 0 Å².